The molecule has 8 heteroatoms. The van der Waals surface area contributed by atoms with Gasteiger partial charge in [-0.25, -0.2) is 4.68 Å². The zero-order valence-electron chi connectivity index (χ0n) is 14.9. The molecule has 0 radical (unpaired) electrons. The van der Waals surface area contributed by atoms with Crippen molar-refractivity contribution in [2.45, 2.75) is 27.1 Å². The maximum Gasteiger partial charge on any atom is 0.276 e. The molecule has 0 bridgehead atoms. The van der Waals surface area contributed by atoms with E-state index in [4.69, 9.17) is 4.74 Å². The van der Waals surface area contributed by atoms with E-state index in [2.05, 4.69) is 31.4 Å². The smallest absolute Gasteiger partial charge is 0.276 e. The molecule has 3 aromatic rings. The summed E-state index contributed by atoms with van der Waals surface area (Å²) in [6.45, 7) is 4.92. The van der Waals surface area contributed by atoms with Gasteiger partial charge in [0.2, 0.25) is 0 Å². The van der Waals surface area contributed by atoms with Crippen molar-refractivity contribution in [3.8, 4) is 0 Å². The third-order valence-corrected chi connectivity index (χ3v) is 5.09. The first kappa shape index (κ1) is 18.3. The van der Waals surface area contributed by atoms with Crippen LogP contribution in [0.3, 0.4) is 0 Å². The van der Waals surface area contributed by atoms with E-state index in [9.17, 15) is 4.79 Å². The van der Waals surface area contributed by atoms with Gasteiger partial charge in [0.15, 0.2) is 5.69 Å². The Labute approximate surface area is 160 Å². The molecule has 7 nitrogen and oxygen atoms in total. The Morgan fingerprint density at radius 1 is 1.27 bits per heavy atom. The van der Waals surface area contributed by atoms with E-state index in [1.165, 1.54) is 0 Å². The van der Waals surface area contributed by atoms with Crippen molar-refractivity contribution in [3.05, 3.63) is 63.6 Å². The van der Waals surface area contributed by atoms with Gasteiger partial charge in [-0.1, -0.05) is 12.1 Å². The maximum atomic E-state index is 12.4. The van der Waals surface area contributed by atoms with E-state index >= 15 is 0 Å². The number of hydrogen-bond acceptors (Lipinski definition) is 4. The van der Waals surface area contributed by atoms with Gasteiger partial charge in [0, 0.05) is 19.0 Å². The third kappa shape index (κ3) is 4.03. The summed E-state index contributed by atoms with van der Waals surface area (Å²) in [5.41, 5.74) is 4.13. The zero-order valence-corrected chi connectivity index (χ0v) is 16.4. The minimum atomic E-state index is -0.258. The highest BCUT2D eigenvalue weighted by Crippen LogP contribution is 2.21. The van der Waals surface area contributed by atoms with Crippen molar-refractivity contribution in [2.75, 3.05) is 12.4 Å². The second-order valence-electron chi connectivity index (χ2n) is 5.96. The summed E-state index contributed by atoms with van der Waals surface area (Å²) in [6.07, 6.45) is 1.70. The van der Waals surface area contributed by atoms with Gasteiger partial charge in [-0.05, 0) is 53.5 Å². The van der Waals surface area contributed by atoms with E-state index in [0.717, 1.165) is 27.1 Å². The van der Waals surface area contributed by atoms with Crippen LogP contribution in [0, 0.1) is 13.8 Å². The number of aromatic nitrogens is 4. The molecule has 0 saturated heterocycles. The van der Waals surface area contributed by atoms with E-state index < -0.39 is 0 Å². The summed E-state index contributed by atoms with van der Waals surface area (Å²) in [7, 11) is 1.58. The Morgan fingerprint density at radius 2 is 2.08 bits per heavy atom. The summed E-state index contributed by atoms with van der Waals surface area (Å²) >= 11 is 3.54. The highest BCUT2D eigenvalue weighted by atomic mass is 79.9. The van der Waals surface area contributed by atoms with Crippen LogP contribution in [0.4, 0.5) is 5.69 Å². The number of benzene rings is 1. The normalized spacial score (nSPS) is 10.9. The molecule has 0 spiro atoms. The van der Waals surface area contributed by atoms with Crippen molar-refractivity contribution in [1.29, 1.82) is 0 Å². The van der Waals surface area contributed by atoms with Crippen molar-refractivity contribution < 1.29 is 9.53 Å². The number of halogens is 1. The monoisotopic (exact) mass is 417 g/mol. The van der Waals surface area contributed by atoms with Gasteiger partial charge in [0.25, 0.3) is 5.91 Å². The molecule has 2 aromatic heterocycles. The molecule has 1 aromatic carbocycles. The van der Waals surface area contributed by atoms with Gasteiger partial charge in [0.05, 0.1) is 22.4 Å². The standard InChI is InChI=1S/C18H20BrN5O2/c1-12-17(19)13(2)24(21-12)10-14-5-4-6-15(9-14)20-18(25)16-7-8-23(22-16)11-26-3/h4-9H,10-11H2,1-3H3,(H,20,25). The Hall–Kier alpha value is -2.45. The average Bonchev–Trinajstić information content (AvgIpc) is 3.17. The van der Waals surface area contributed by atoms with Crippen LogP contribution < -0.4 is 5.32 Å². The number of methoxy groups -OCH3 is 1. The van der Waals surface area contributed by atoms with Gasteiger partial charge in [-0.15, -0.1) is 0 Å². The lowest BCUT2D eigenvalue weighted by Crippen LogP contribution is -2.14. The van der Waals surface area contributed by atoms with Gasteiger partial charge < -0.3 is 10.1 Å². The molecule has 0 atom stereocenters. The number of hydrogen-bond donors (Lipinski definition) is 1. The Balaban J connectivity index is 1.72. The number of amides is 1. The summed E-state index contributed by atoms with van der Waals surface area (Å²) in [4.78, 5) is 12.4. The van der Waals surface area contributed by atoms with Crippen LogP contribution >= 0.6 is 15.9 Å². The van der Waals surface area contributed by atoms with E-state index in [0.29, 0.717) is 19.0 Å². The molecule has 0 saturated carbocycles. The summed E-state index contributed by atoms with van der Waals surface area (Å²) in [5.74, 6) is -0.258. The molecule has 0 aliphatic rings. The van der Waals surface area contributed by atoms with Crippen LogP contribution in [0.2, 0.25) is 0 Å². The first-order valence-corrected chi connectivity index (χ1v) is 8.89. The van der Waals surface area contributed by atoms with Crippen LogP contribution in [0.15, 0.2) is 41.0 Å². The van der Waals surface area contributed by atoms with E-state index in [1.807, 2.05) is 42.8 Å². The fourth-order valence-electron chi connectivity index (χ4n) is 2.63. The molecule has 0 aliphatic heterocycles. The lowest BCUT2D eigenvalue weighted by atomic mass is 10.2. The van der Waals surface area contributed by atoms with Crippen molar-refractivity contribution in [3.63, 3.8) is 0 Å². The van der Waals surface area contributed by atoms with E-state index in [1.54, 1.807) is 24.1 Å². The second-order valence-corrected chi connectivity index (χ2v) is 6.75. The first-order chi connectivity index (χ1) is 12.5. The molecule has 2 heterocycles. The van der Waals surface area contributed by atoms with Crippen LogP contribution in [0.25, 0.3) is 0 Å². The highest BCUT2D eigenvalue weighted by Gasteiger charge is 2.12. The molecule has 136 valence electrons. The topological polar surface area (TPSA) is 74.0 Å². The predicted octanol–water partition coefficient (Wildman–Crippen LogP) is 3.36. The van der Waals surface area contributed by atoms with Crippen LogP contribution in [-0.2, 0) is 18.0 Å². The van der Waals surface area contributed by atoms with Gasteiger partial charge in [-0.2, -0.15) is 10.2 Å². The summed E-state index contributed by atoms with van der Waals surface area (Å²) in [5, 5.41) is 11.6. The molecule has 0 fully saturated rings. The molecule has 1 N–H and O–H groups in total. The lowest BCUT2D eigenvalue weighted by Gasteiger charge is -2.08. The lowest BCUT2D eigenvalue weighted by molar-refractivity contribution is 0.101. The SMILES string of the molecule is COCn1ccc(C(=O)Nc2cccc(Cn3nc(C)c(Br)c3C)c2)n1. The van der Waals surface area contributed by atoms with Crippen molar-refractivity contribution >= 4 is 27.5 Å². The minimum Gasteiger partial charge on any atom is -0.362 e. The number of nitrogens with zero attached hydrogens (tertiary/aromatic N) is 4. The van der Waals surface area contributed by atoms with Crippen LogP contribution in [-0.4, -0.2) is 32.6 Å². The minimum absolute atomic E-state index is 0.258. The van der Waals surface area contributed by atoms with E-state index in [-0.39, 0.29) is 5.91 Å². The number of rotatable bonds is 6. The molecule has 0 unspecified atom stereocenters. The Morgan fingerprint density at radius 3 is 2.77 bits per heavy atom. The van der Waals surface area contributed by atoms with Crippen molar-refractivity contribution in [2.24, 2.45) is 0 Å². The number of carbonyl (C=O) groups is 1. The number of nitrogens with one attached hydrogen (secondary N) is 1. The Bertz CT molecular complexity index is 932. The molecular weight excluding hydrogens is 398 g/mol. The third-order valence-electron chi connectivity index (χ3n) is 3.95. The number of anilines is 1. The molecule has 3 rings (SSSR count). The van der Waals surface area contributed by atoms with Crippen molar-refractivity contribution in [1.82, 2.24) is 19.6 Å². The molecular formula is C18H20BrN5O2. The predicted molar refractivity (Wildman–Crippen MR) is 102 cm³/mol. The second kappa shape index (κ2) is 7.84. The average molecular weight is 418 g/mol. The fraction of sp³-hybridized carbons (Fsp3) is 0.278. The highest BCUT2D eigenvalue weighted by molar-refractivity contribution is 9.10. The quantitative estimate of drug-likeness (QED) is 0.666. The van der Waals surface area contributed by atoms with Gasteiger partial charge in [-0.3, -0.25) is 9.48 Å². The van der Waals surface area contributed by atoms with Gasteiger partial charge >= 0.3 is 0 Å². The maximum absolute atomic E-state index is 12.4. The number of ether oxygens (including phenoxy) is 1. The largest absolute Gasteiger partial charge is 0.362 e. The molecule has 0 aliphatic carbocycles. The zero-order chi connectivity index (χ0) is 18.7. The molecule has 26 heavy (non-hydrogen) atoms. The number of aryl methyl sites for hydroxylation is 1. The molecule has 1 amide bonds. The number of carbonyl (C=O) groups excluding carboxylic acids is 1. The fourth-order valence-corrected chi connectivity index (χ4v) is 2.92. The van der Waals surface area contributed by atoms with Gasteiger partial charge in [0.1, 0.15) is 6.73 Å². The van der Waals surface area contributed by atoms with Crippen LogP contribution in [0.5, 0.6) is 0 Å². The Kier molecular flexibility index (Phi) is 5.53. The first-order valence-electron chi connectivity index (χ1n) is 8.10. The van der Waals surface area contributed by atoms with Crippen LogP contribution in [0.1, 0.15) is 27.4 Å². The summed E-state index contributed by atoms with van der Waals surface area (Å²) in [6, 6.07) is 9.37. The summed E-state index contributed by atoms with van der Waals surface area (Å²) < 4.78 is 9.51.